The number of anilines is 1. The standard InChI is InChI=1S/C20H25N3O8/c1-30-19(28)12-7-13(20(29)31-2)9-14(8-12)22-16(24)10-15(18(26)27)23-5-3-11(4-6-23)17(21)25/h7-9,11,15H,3-6,10H2,1-2H3,(H2,21,25)(H,22,24)(H,26,27)/t15-/m1/s1. The van der Waals surface area contributed by atoms with Gasteiger partial charge in [0.15, 0.2) is 0 Å². The van der Waals surface area contributed by atoms with Crippen molar-refractivity contribution in [2.45, 2.75) is 25.3 Å². The van der Waals surface area contributed by atoms with Crippen molar-refractivity contribution in [3.8, 4) is 0 Å². The molecule has 0 radical (unpaired) electrons. The Kier molecular flexibility index (Phi) is 8.08. The van der Waals surface area contributed by atoms with E-state index in [1.807, 2.05) is 0 Å². The first-order valence-corrected chi connectivity index (χ1v) is 9.54. The zero-order valence-electron chi connectivity index (χ0n) is 17.3. The number of hydrogen-bond donors (Lipinski definition) is 3. The quantitative estimate of drug-likeness (QED) is 0.485. The van der Waals surface area contributed by atoms with Gasteiger partial charge in [-0.05, 0) is 44.1 Å². The Labute approximate surface area is 178 Å². The molecule has 0 unspecified atom stereocenters. The summed E-state index contributed by atoms with van der Waals surface area (Å²) in [5, 5.41) is 12.1. The van der Waals surface area contributed by atoms with E-state index >= 15 is 0 Å². The molecule has 168 valence electrons. The van der Waals surface area contributed by atoms with Crippen LogP contribution in [0.1, 0.15) is 40.0 Å². The third-order valence-corrected chi connectivity index (χ3v) is 5.10. The molecule has 2 rings (SSSR count). The van der Waals surface area contributed by atoms with E-state index in [9.17, 15) is 29.1 Å². The van der Waals surface area contributed by atoms with Crippen molar-refractivity contribution in [1.29, 1.82) is 0 Å². The van der Waals surface area contributed by atoms with Crippen LogP contribution in [-0.2, 0) is 23.9 Å². The average molecular weight is 435 g/mol. The van der Waals surface area contributed by atoms with Gasteiger partial charge in [0.05, 0.1) is 31.8 Å². The van der Waals surface area contributed by atoms with E-state index in [0.717, 1.165) is 0 Å². The van der Waals surface area contributed by atoms with Crippen molar-refractivity contribution >= 4 is 35.4 Å². The third-order valence-electron chi connectivity index (χ3n) is 5.10. The molecule has 1 aliphatic rings. The number of ether oxygens (including phenoxy) is 2. The van der Waals surface area contributed by atoms with Gasteiger partial charge >= 0.3 is 17.9 Å². The number of likely N-dealkylation sites (tertiary alicyclic amines) is 1. The Morgan fingerprint density at radius 3 is 2.00 bits per heavy atom. The number of primary amides is 1. The minimum Gasteiger partial charge on any atom is -0.480 e. The number of nitrogens with one attached hydrogen (secondary N) is 1. The number of methoxy groups -OCH3 is 2. The normalized spacial score (nSPS) is 15.5. The number of rotatable bonds is 8. The highest BCUT2D eigenvalue weighted by atomic mass is 16.5. The van der Waals surface area contributed by atoms with Crippen LogP contribution in [0.15, 0.2) is 18.2 Å². The summed E-state index contributed by atoms with van der Waals surface area (Å²) in [6.07, 6.45) is 0.474. The summed E-state index contributed by atoms with van der Waals surface area (Å²) < 4.78 is 9.29. The Morgan fingerprint density at radius 1 is 1.06 bits per heavy atom. The van der Waals surface area contributed by atoms with Gasteiger partial charge in [-0.15, -0.1) is 0 Å². The van der Waals surface area contributed by atoms with Crippen molar-refractivity contribution in [2.24, 2.45) is 11.7 Å². The summed E-state index contributed by atoms with van der Waals surface area (Å²) in [7, 11) is 2.34. The molecule has 11 heteroatoms. The number of carbonyl (C=O) groups is 5. The van der Waals surface area contributed by atoms with E-state index < -0.39 is 35.8 Å². The van der Waals surface area contributed by atoms with Crippen LogP contribution in [0.3, 0.4) is 0 Å². The molecule has 1 heterocycles. The summed E-state index contributed by atoms with van der Waals surface area (Å²) in [5.41, 5.74) is 5.45. The Morgan fingerprint density at radius 2 is 1.58 bits per heavy atom. The van der Waals surface area contributed by atoms with E-state index in [-0.39, 0.29) is 29.2 Å². The number of piperidine rings is 1. The number of esters is 2. The minimum absolute atomic E-state index is 0.0176. The number of aliphatic carboxylic acids is 1. The average Bonchev–Trinajstić information content (AvgIpc) is 2.75. The zero-order valence-corrected chi connectivity index (χ0v) is 17.3. The van der Waals surface area contributed by atoms with Gasteiger partial charge < -0.3 is 25.6 Å². The molecule has 1 aromatic rings. The fourth-order valence-corrected chi connectivity index (χ4v) is 3.43. The lowest BCUT2D eigenvalue weighted by molar-refractivity contribution is -0.146. The predicted octanol–water partition coefficient (Wildman–Crippen LogP) is 0.239. The number of nitrogens with zero attached hydrogens (tertiary/aromatic N) is 1. The molecule has 0 aliphatic carbocycles. The number of carbonyl (C=O) groups excluding carboxylic acids is 4. The lowest BCUT2D eigenvalue weighted by atomic mass is 9.94. The number of nitrogens with two attached hydrogens (primary N) is 1. The van der Waals surface area contributed by atoms with Gasteiger partial charge in [-0.25, -0.2) is 9.59 Å². The van der Waals surface area contributed by atoms with Crippen molar-refractivity contribution in [2.75, 3.05) is 32.6 Å². The zero-order chi connectivity index (χ0) is 23.1. The van der Waals surface area contributed by atoms with Crippen LogP contribution in [0.5, 0.6) is 0 Å². The van der Waals surface area contributed by atoms with Gasteiger partial charge in [0.1, 0.15) is 6.04 Å². The molecule has 11 nitrogen and oxygen atoms in total. The molecule has 1 atom stereocenters. The largest absolute Gasteiger partial charge is 0.480 e. The highest BCUT2D eigenvalue weighted by Gasteiger charge is 2.33. The molecule has 4 N–H and O–H groups in total. The molecule has 1 aliphatic heterocycles. The second-order valence-corrected chi connectivity index (χ2v) is 7.10. The smallest absolute Gasteiger partial charge is 0.337 e. The van der Waals surface area contributed by atoms with Crippen LogP contribution in [0, 0.1) is 5.92 Å². The van der Waals surface area contributed by atoms with Crippen LogP contribution < -0.4 is 11.1 Å². The Balaban J connectivity index is 2.14. The van der Waals surface area contributed by atoms with Gasteiger partial charge in [-0.3, -0.25) is 19.3 Å². The fourth-order valence-electron chi connectivity index (χ4n) is 3.43. The topological polar surface area (TPSA) is 165 Å². The maximum Gasteiger partial charge on any atom is 0.337 e. The van der Waals surface area contributed by atoms with Crippen molar-refractivity contribution in [1.82, 2.24) is 4.90 Å². The molecule has 1 saturated heterocycles. The summed E-state index contributed by atoms with van der Waals surface area (Å²) in [5.74, 6) is -3.97. The predicted molar refractivity (Wildman–Crippen MR) is 107 cm³/mol. The van der Waals surface area contributed by atoms with Crippen molar-refractivity contribution in [3.05, 3.63) is 29.3 Å². The van der Waals surface area contributed by atoms with Crippen LogP contribution in [0.4, 0.5) is 5.69 Å². The van der Waals surface area contributed by atoms with E-state index in [4.69, 9.17) is 5.73 Å². The van der Waals surface area contributed by atoms with Gasteiger partial charge in [-0.2, -0.15) is 0 Å². The monoisotopic (exact) mass is 435 g/mol. The number of hydrogen-bond acceptors (Lipinski definition) is 8. The summed E-state index contributed by atoms with van der Waals surface area (Å²) in [6, 6.07) is 2.78. The molecule has 0 saturated carbocycles. The first kappa shape index (κ1) is 23.8. The van der Waals surface area contributed by atoms with Gasteiger partial charge in [0, 0.05) is 11.6 Å². The first-order valence-electron chi connectivity index (χ1n) is 9.54. The third kappa shape index (κ3) is 6.25. The lowest BCUT2D eigenvalue weighted by Gasteiger charge is -2.34. The molecular formula is C20H25N3O8. The van der Waals surface area contributed by atoms with Crippen molar-refractivity contribution < 1.29 is 38.6 Å². The lowest BCUT2D eigenvalue weighted by Crippen LogP contribution is -2.48. The Bertz CT molecular complexity index is 843. The molecule has 0 aromatic heterocycles. The molecule has 31 heavy (non-hydrogen) atoms. The van der Waals surface area contributed by atoms with E-state index in [0.29, 0.717) is 25.9 Å². The van der Waals surface area contributed by atoms with Crippen molar-refractivity contribution in [3.63, 3.8) is 0 Å². The highest BCUT2D eigenvalue weighted by Crippen LogP contribution is 2.21. The molecule has 1 aromatic carbocycles. The van der Waals surface area contributed by atoms with Gasteiger partial charge in [0.25, 0.3) is 0 Å². The maximum atomic E-state index is 12.5. The minimum atomic E-state index is -1.17. The number of amides is 2. The summed E-state index contributed by atoms with van der Waals surface area (Å²) in [4.78, 5) is 60.9. The molecule has 1 fully saturated rings. The molecule has 0 bridgehead atoms. The SMILES string of the molecule is COC(=O)c1cc(NC(=O)C[C@H](C(=O)O)N2CCC(C(N)=O)CC2)cc(C(=O)OC)c1. The Hall–Kier alpha value is -3.47. The van der Waals surface area contributed by atoms with E-state index in [2.05, 4.69) is 14.8 Å². The number of carboxylic acids is 1. The van der Waals surface area contributed by atoms with Crippen LogP contribution in [0.2, 0.25) is 0 Å². The first-order chi connectivity index (χ1) is 14.7. The van der Waals surface area contributed by atoms with E-state index in [1.54, 1.807) is 4.90 Å². The molecule has 2 amide bonds. The number of carboxylic acid groups (broad SMARTS) is 1. The summed E-state index contributed by atoms with van der Waals surface area (Å²) in [6.45, 7) is 0.643. The fraction of sp³-hybridized carbons (Fsp3) is 0.450. The molecule has 0 spiro atoms. The summed E-state index contributed by atoms with van der Waals surface area (Å²) >= 11 is 0. The second-order valence-electron chi connectivity index (χ2n) is 7.10. The second kappa shape index (κ2) is 10.5. The number of benzene rings is 1. The van der Waals surface area contributed by atoms with Crippen LogP contribution in [0.25, 0.3) is 0 Å². The highest BCUT2D eigenvalue weighted by molar-refractivity contribution is 6.00. The van der Waals surface area contributed by atoms with Gasteiger partial charge in [0.2, 0.25) is 11.8 Å². The molecular weight excluding hydrogens is 410 g/mol. The van der Waals surface area contributed by atoms with Crippen LogP contribution in [-0.4, -0.2) is 73.1 Å². The van der Waals surface area contributed by atoms with E-state index in [1.165, 1.54) is 32.4 Å². The van der Waals surface area contributed by atoms with Crippen LogP contribution >= 0.6 is 0 Å². The maximum absolute atomic E-state index is 12.5. The van der Waals surface area contributed by atoms with Gasteiger partial charge in [-0.1, -0.05) is 0 Å².